The molecule has 0 aliphatic carbocycles. The van der Waals surface area contributed by atoms with Crippen molar-refractivity contribution in [3.63, 3.8) is 0 Å². The van der Waals surface area contributed by atoms with Gasteiger partial charge in [0.25, 0.3) is 0 Å². The second-order valence-electron chi connectivity index (χ2n) is 6.00. The van der Waals surface area contributed by atoms with E-state index in [1.165, 1.54) is 6.33 Å². The average Bonchev–Trinajstić information content (AvgIpc) is 2.94. The Kier molecular flexibility index (Phi) is 6.15. The van der Waals surface area contributed by atoms with Gasteiger partial charge in [0.05, 0.1) is 6.33 Å². The van der Waals surface area contributed by atoms with Gasteiger partial charge in [-0.25, -0.2) is 4.98 Å². The Hall–Kier alpha value is -1.84. The number of anilines is 1. The molecule has 0 aliphatic heterocycles. The highest BCUT2D eigenvalue weighted by Gasteiger charge is 2.47. The molecule has 2 rings (SSSR count). The van der Waals surface area contributed by atoms with E-state index in [4.69, 9.17) is 15.5 Å². The Balaban J connectivity index is 1.92. The van der Waals surface area contributed by atoms with Crippen LogP contribution in [0.2, 0.25) is 0 Å². The van der Waals surface area contributed by atoms with Crippen LogP contribution in [0.25, 0.3) is 11.2 Å². The lowest BCUT2D eigenvalue weighted by molar-refractivity contribution is 0.0476. The van der Waals surface area contributed by atoms with Crippen molar-refractivity contribution in [1.82, 2.24) is 19.1 Å². The fraction of sp³-hybridized carbons (Fsp3) is 0.643. The number of alkyl halides is 2. The number of unbranched alkanes of at least 4 members (excludes halogenated alkanes) is 3. The third-order valence-electron chi connectivity index (χ3n) is 4.14. The zero-order chi connectivity index (χ0) is 19.5. The highest BCUT2D eigenvalue weighted by atomic mass is 31.2. The number of fused-ring (bicyclic) bond motifs is 1. The number of halogens is 2. The van der Waals surface area contributed by atoms with Gasteiger partial charge in [-0.05, 0) is 19.8 Å². The van der Waals surface area contributed by atoms with Gasteiger partial charge in [-0.3, -0.25) is 13.9 Å². The maximum absolute atomic E-state index is 13.2. The maximum atomic E-state index is 13.2. The Bertz CT molecular complexity index is 876. The fourth-order valence-corrected chi connectivity index (χ4v) is 3.16. The smallest absolute Gasteiger partial charge is 0.369 e. The van der Waals surface area contributed by atoms with Gasteiger partial charge in [0.1, 0.15) is 0 Å². The minimum atomic E-state index is -5.41. The molecule has 0 aromatic carbocycles. The highest BCUT2D eigenvalue weighted by molar-refractivity contribution is 7.53. The Labute approximate surface area is 148 Å². The van der Waals surface area contributed by atoms with Crippen LogP contribution in [0.5, 0.6) is 0 Å². The van der Waals surface area contributed by atoms with E-state index < -0.39 is 25.2 Å². The highest BCUT2D eigenvalue weighted by Crippen LogP contribution is 2.55. The number of aromatic nitrogens is 4. The number of aryl methyl sites for hydroxylation is 2. The molecule has 0 amide bonds. The molecular formula is C14H22F2N5O4P. The number of imidazole rings is 1. The van der Waals surface area contributed by atoms with Gasteiger partial charge < -0.3 is 20.1 Å². The SMILES string of the molecule is CCn1c(N)nc(=O)c2c1ncn2CCCCCCC(F)(F)P(=O)(O)O. The molecule has 0 spiro atoms. The molecule has 0 bridgehead atoms. The molecule has 146 valence electrons. The Morgan fingerprint density at radius 1 is 1.27 bits per heavy atom. The summed E-state index contributed by atoms with van der Waals surface area (Å²) in [5.41, 5.74) is 2.05. The van der Waals surface area contributed by atoms with Crippen molar-refractivity contribution in [1.29, 1.82) is 0 Å². The van der Waals surface area contributed by atoms with Crippen molar-refractivity contribution in [2.45, 2.75) is 57.8 Å². The van der Waals surface area contributed by atoms with Crippen LogP contribution in [0, 0.1) is 0 Å². The van der Waals surface area contributed by atoms with Crippen LogP contribution in [0.3, 0.4) is 0 Å². The zero-order valence-electron chi connectivity index (χ0n) is 14.3. The van der Waals surface area contributed by atoms with Crippen molar-refractivity contribution in [3.05, 3.63) is 16.7 Å². The summed E-state index contributed by atoms with van der Waals surface area (Å²) in [6.07, 6.45) is 2.23. The normalized spacial score (nSPS) is 12.8. The first-order valence-electron chi connectivity index (χ1n) is 8.23. The molecule has 0 atom stereocenters. The van der Waals surface area contributed by atoms with Crippen LogP contribution in [0.4, 0.5) is 14.7 Å². The van der Waals surface area contributed by atoms with Crippen molar-refractivity contribution in [2.24, 2.45) is 0 Å². The standard InChI is InChI=1S/C14H22F2N5O4P/c1-2-21-11-10(12(22)19-13(21)17)20(9-18-11)8-6-4-3-5-7-14(15,16)26(23,24)25/h9H,2-8H2,1H3,(H2,17,19,22)(H2,23,24,25). The average molecular weight is 393 g/mol. The first-order chi connectivity index (χ1) is 12.1. The maximum Gasteiger partial charge on any atom is 0.394 e. The second kappa shape index (κ2) is 7.81. The van der Waals surface area contributed by atoms with Crippen LogP contribution in [0.15, 0.2) is 11.1 Å². The number of rotatable bonds is 9. The van der Waals surface area contributed by atoms with Crippen LogP contribution < -0.4 is 11.3 Å². The molecule has 2 aromatic rings. The van der Waals surface area contributed by atoms with Crippen LogP contribution in [-0.4, -0.2) is 34.6 Å². The summed E-state index contributed by atoms with van der Waals surface area (Å²) < 4.78 is 40.2. The second-order valence-corrected chi connectivity index (χ2v) is 7.75. The zero-order valence-corrected chi connectivity index (χ0v) is 15.2. The molecule has 2 aromatic heterocycles. The minimum Gasteiger partial charge on any atom is -0.369 e. The van der Waals surface area contributed by atoms with Gasteiger partial charge in [0, 0.05) is 19.5 Å². The molecule has 0 fully saturated rings. The van der Waals surface area contributed by atoms with E-state index in [0.29, 0.717) is 43.5 Å². The number of nitrogen functional groups attached to an aromatic ring is 1. The molecule has 2 heterocycles. The number of nitrogens with zero attached hydrogens (tertiary/aromatic N) is 4. The first kappa shape index (κ1) is 20.5. The van der Waals surface area contributed by atoms with Crippen molar-refractivity contribution < 1.29 is 23.1 Å². The van der Waals surface area contributed by atoms with Crippen LogP contribution in [0.1, 0.15) is 39.0 Å². The molecule has 9 nitrogen and oxygen atoms in total. The predicted molar refractivity (Wildman–Crippen MR) is 92.0 cm³/mol. The quantitative estimate of drug-likeness (QED) is 0.437. The third kappa shape index (κ3) is 4.28. The fourth-order valence-electron chi connectivity index (χ4n) is 2.71. The summed E-state index contributed by atoms with van der Waals surface area (Å²) in [6, 6.07) is 0. The number of hydrogen-bond donors (Lipinski definition) is 3. The van der Waals surface area contributed by atoms with Crippen LogP contribution in [-0.2, 0) is 17.7 Å². The van der Waals surface area contributed by atoms with Gasteiger partial charge in [-0.2, -0.15) is 13.8 Å². The third-order valence-corrected chi connectivity index (χ3v) is 5.21. The van der Waals surface area contributed by atoms with Crippen molar-refractivity contribution in [3.8, 4) is 0 Å². The number of hydrogen-bond acceptors (Lipinski definition) is 5. The summed E-state index contributed by atoms with van der Waals surface area (Å²) in [7, 11) is -5.41. The van der Waals surface area contributed by atoms with E-state index in [1.807, 2.05) is 6.92 Å². The van der Waals surface area contributed by atoms with Gasteiger partial charge in [-0.1, -0.05) is 12.8 Å². The van der Waals surface area contributed by atoms with Crippen molar-refractivity contribution >= 4 is 24.7 Å². The van der Waals surface area contributed by atoms with E-state index in [0.717, 1.165) is 0 Å². The first-order valence-corrected chi connectivity index (χ1v) is 9.84. The molecule has 0 saturated heterocycles. The summed E-state index contributed by atoms with van der Waals surface area (Å²) >= 11 is 0. The van der Waals surface area contributed by atoms with Gasteiger partial charge >= 0.3 is 18.8 Å². The Morgan fingerprint density at radius 2 is 1.92 bits per heavy atom. The van der Waals surface area contributed by atoms with Gasteiger partial charge in [0.2, 0.25) is 5.95 Å². The van der Waals surface area contributed by atoms with E-state index in [-0.39, 0.29) is 12.4 Å². The molecule has 0 saturated carbocycles. The molecule has 4 N–H and O–H groups in total. The summed E-state index contributed by atoms with van der Waals surface area (Å²) in [4.78, 5) is 37.2. The Morgan fingerprint density at radius 3 is 2.54 bits per heavy atom. The summed E-state index contributed by atoms with van der Waals surface area (Å²) in [5, 5.41) is 0. The van der Waals surface area contributed by atoms with Gasteiger partial charge in [0.15, 0.2) is 11.2 Å². The number of nitrogens with two attached hydrogens (primary N) is 1. The lowest BCUT2D eigenvalue weighted by Crippen LogP contribution is -2.19. The largest absolute Gasteiger partial charge is 0.394 e. The summed E-state index contributed by atoms with van der Waals surface area (Å²) in [6.45, 7) is 2.82. The molecule has 26 heavy (non-hydrogen) atoms. The van der Waals surface area contributed by atoms with E-state index in [1.54, 1.807) is 9.13 Å². The molecular weight excluding hydrogens is 371 g/mol. The summed E-state index contributed by atoms with van der Waals surface area (Å²) in [5.74, 6) is 0.0984. The lowest BCUT2D eigenvalue weighted by Gasteiger charge is -2.17. The molecule has 0 aliphatic rings. The van der Waals surface area contributed by atoms with E-state index in [2.05, 4.69) is 9.97 Å². The van der Waals surface area contributed by atoms with Crippen LogP contribution >= 0.6 is 7.60 Å². The minimum absolute atomic E-state index is 0.00349. The predicted octanol–water partition coefficient (Wildman–Crippen LogP) is 1.92. The monoisotopic (exact) mass is 393 g/mol. The lowest BCUT2D eigenvalue weighted by atomic mass is 10.1. The molecule has 0 radical (unpaired) electrons. The van der Waals surface area contributed by atoms with E-state index in [9.17, 15) is 18.1 Å². The topological polar surface area (TPSA) is 136 Å². The molecule has 0 unspecified atom stereocenters. The molecule has 12 heteroatoms. The van der Waals surface area contributed by atoms with Crippen molar-refractivity contribution in [2.75, 3.05) is 5.73 Å². The van der Waals surface area contributed by atoms with E-state index >= 15 is 0 Å². The van der Waals surface area contributed by atoms with Gasteiger partial charge in [-0.15, -0.1) is 0 Å².